The van der Waals surface area contributed by atoms with Gasteiger partial charge in [-0.2, -0.15) is 0 Å². The molecule has 0 aromatic rings. The smallest absolute Gasteiger partial charge is 0.315 e. The Balaban J connectivity index is 0.00000144. The Morgan fingerprint density at radius 3 is 2.77 bits per heavy atom. The quantitative estimate of drug-likeness (QED) is 0.633. The molecule has 0 spiro atoms. The molecule has 0 aromatic carbocycles. The maximum atomic E-state index is 11.2. The van der Waals surface area contributed by atoms with Gasteiger partial charge in [0, 0.05) is 13.0 Å². The molecule has 1 heterocycles. The lowest BCUT2D eigenvalue weighted by Gasteiger charge is -2.15. The Labute approximate surface area is 83.3 Å². The average molecular weight is 208 g/mol. The largest absolute Gasteiger partial charge is 0.481 e. The van der Waals surface area contributed by atoms with E-state index in [4.69, 9.17) is 5.11 Å². The number of carboxylic acids is 1. The number of carboxylic acid groups (broad SMARTS) is 1. The number of halogens is 1. The van der Waals surface area contributed by atoms with Crippen LogP contribution in [0.3, 0.4) is 0 Å². The zero-order chi connectivity index (χ0) is 9.14. The average Bonchev–Trinajstić information content (AvgIpc) is 2.13. The highest BCUT2D eigenvalue weighted by Crippen LogP contribution is 2.11. The molecule has 1 N–H and O–H groups in total. The molecule has 1 rings (SSSR count). The third-order valence-electron chi connectivity index (χ3n) is 2.14. The van der Waals surface area contributed by atoms with Gasteiger partial charge in [-0.3, -0.25) is 9.59 Å². The first-order valence-corrected chi connectivity index (χ1v) is 4.05. The van der Waals surface area contributed by atoms with Crippen molar-refractivity contribution in [2.24, 2.45) is 5.92 Å². The minimum Gasteiger partial charge on any atom is -0.481 e. The molecule has 0 aliphatic carbocycles. The molecule has 4 nitrogen and oxygen atoms in total. The van der Waals surface area contributed by atoms with Crippen LogP contribution in [0, 0.1) is 5.92 Å². The second kappa shape index (κ2) is 5.19. The van der Waals surface area contributed by atoms with Crippen LogP contribution >= 0.6 is 12.4 Å². The van der Waals surface area contributed by atoms with Crippen molar-refractivity contribution in [2.75, 3.05) is 20.1 Å². The predicted molar refractivity (Wildman–Crippen MR) is 50.1 cm³/mol. The van der Waals surface area contributed by atoms with Gasteiger partial charge in [-0.05, 0) is 20.0 Å². The van der Waals surface area contributed by atoms with Crippen LogP contribution in [-0.4, -0.2) is 41.9 Å². The SMILES string of the molecule is CN1CCCC(=O)C(C(=O)O)C1.Cl. The summed E-state index contributed by atoms with van der Waals surface area (Å²) in [4.78, 5) is 23.7. The maximum absolute atomic E-state index is 11.2. The highest BCUT2D eigenvalue weighted by atomic mass is 35.5. The first-order chi connectivity index (χ1) is 5.61. The molecule has 76 valence electrons. The van der Waals surface area contributed by atoms with Gasteiger partial charge in [-0.25, -0.2) is 0 Å². The van der Waals surface area contributed by atoms with Crippen molar-refractivity contribution in [3.8, 4) is 0 Å². The molecule has 13 heavy (non-hydrogen) atoms. The third-order valence-corrected chi connectivity index (χ3v) is 2.14. The van der Waals surface area contributed by atoms with Crippen LogP contribution in [0.2, 0.25) is 0 Å². The first kappa shape index (κ1) is 12.4. The normalized spacial score (nSPS) is 24.7. The minimum atomic E-state index is -0.992. The van der Waals surface area contributed by atoms with Crippen LogP contribution in [0.15, 0.2) is 0 Å². The minimum absolute atomic E-state index is 0. The Bertz CT molecular complexity index is 208. The molecule has 1 aliphatic heterocycles. The van der Waals surface area contributed by atoms with Crippen molar-refractivity contribution in [2.45, 2.75) is 12.8 Å². The van der Waals surface area contributed by atoms with Crippen LogP contribution in [-0.2, 0) is 9.59 Å². The molecule has 0 radical (unpaired) electrons. The van der Waals surface area contributed by atoms with Gasteiger partial charge in [0.05, 0.1) is 0 Å². The molecule has 1 unspecified atom stereocenters. The van der Waals surface area contributed by atoms with E-state index >= 15 is 0 Å². The Kier molecular flexibility index (Phi) is 4.95. The highest BCUT2D eigenvalue weighted by molar-refractivity contribution is 5.98. The number of ketones is 1. The Hall–Kier alpha value is -0.610. The van der Waals surface area contributed by atoms with E-state index in [2.05, 4.69) is 0 Å². The summed E-state index contributed by atoms with van der Waals surface area (Å²) in [5.74, 6) is -1.93. The van der Waals surface area contributed by atoms with Gasteiger partial charge >= 0.3 is 5.97 Å². The lowest BCUT2D eigenvalue weighted by Crippen LogP contribution is -2.32. The topological polar surface area (TPSA) is 57.6 Å². The van der Waals surface area contributed by atoms with Gasteiger partial charge in [0.2, 0.25) is 0 Å². The fourth-order valence-corrected chi connectivity index (χ4v) is 1.42. The lowest BCUT2D eigenvalue weighted by molar-refractivity contribution is -0.146. The van der Waals surface area contributed by atoms with Crippen molar-refractivity contribution >= 4 is 24.2 Å². The first-order valence-electron chi connectivity index (χ1n) is 4.05. The molecule has 0 amide bonds. The Morgan fingerprint density at radius 2 is 2.23 bits per heavy atom. The number of Topliss-reactive ketones (excluding diaryl/α,β-unsaturated/α-hetero) is 1. The van der Waals surface area contributed by atoms with E-state index in [0.717, 1.165) is 13.0 Å². The van der Waals surface area contributed by atoms with E-state index in [0.29, 0.717) is 13.0 Å². The number of likely N-dealkylation sites (tertiary alicyclic amines) is 1. The lowest BCUT2D eigenvalue weighted by atomic mass is 10.0. The van der Waals surface area contributed by atoms with Crippen molar-refractivity contribution in [1.82, 2.24) is 4.90 Å². The summed E-state index contributed by atoms with van der Waals surface area (Å²) < 4.78 is 0. The van der Waals surface area contributed by atoms with E-state index in [-0.39, 0.29) is 18.2 Å². The molecule has 1 aliphatic rings. The number of carbonyl (C=O) groups is 2. The zero-order valence-electron chi connectivity index (χ0n) is 7.52. The van der Waals surface area contributed by atoms with E-state index in [9.17, 15) is 9.59 Å². The summed E-state index contributed by atoms with van der Waals surface area (Å²) in [6.45, 7) is 1.17. The summed E-state index contributed by atoms with van der Waals surface area (Å²) in [7, 11) is 1.84. The van der Waals surface area contributed by atoms with E-state index in [1.165, 1.54) is 0 Å². The molecule has 1 atom stereocenters. The van der Waals surface area contributed by atoms with Crippen LogP contribution in [0.5, 0.6) is 0 Å². The summed E-state index contributed by atoms with van der Waals surface area (Å²) >= 11 is 0. The van der Waals surface area contributed by atoms with Crippen molar-refractivity contribution in [1.29, 1.82) is 0 Å². The van der Waals surface area contributed by atoms with Gasteiger partial charge in [-0.1, -0.05) is 0 Å². The Morgan fingerprint density at radius 1 is 1.62 bits per heavy atom. The predicted octanol–water partition coefficient (Wildman–Crippen LogP) is 0.404. The monoisotopic (exact) mass is 207 g/mol. The molecule has 5 heteroatoms. The number of carbonyl (C=O) groups excluding carboxylic acids is 1. The zero-order valence-corrected chi connectivity index (χ0v) is 8.34. The van der Waals surface area contributed by atoms with Crippen molar-refractivity contribution < 1.29 is 14.7 Å². The number of rotatable bonds is 1. The van der Waals surface area contributed by atoms with Gasteiger partial charge in [0.25, 0.3) is 0 Å². The third kappa shape index (κ3) is 3.32. The van der Waals surface area contributed by atoms with Gasteiger partial charge < -0.3 is 10.0 Å². The molecule has 0 saturated carbocycles. The van der Waals surface area contributed by atoms with Gasteiger partial charge in [0.15, 0.2) is 0 Å². The summed E-state index contributed by atoms with van der Waals surface area (Å²) in [5, 5.41) is 8.70. The summed E-state index contributed by atoms with van der Waals surface area (Å²) in [6.07, 6.45) is 1.18. The summed E-state index contributed by atoms with van der Waals surface area (Å²) in [5.41, 5.74) is 0. The molecular formula is C8H14ClNO3. The van der Waals surface area contributed by atoms with Gasteiger partial charge in [0.1, 0.15) is 11.7 Å². The standard InChI is InChI=1S/C8H13NO3.ClH/c1-9-4-2-3-7(10)6(5-9)8(11)12;/h6H,2-5H2,1H3,(H,11,12);1H. The molecule has 1 fully saturated rings. The second-order valence-electron chi connectivity index (χ2n) is 3.22. The maximum Gasteiger partial charge on any atom is 0.315 e. The number of aliphatic carboxylic acids is 1. The van der Waals surface area contributed by atoms with E-state index in [1.54, 1.807) is 0 Å². The van der Waals surface area contributed by atoms with E-state index < -0.39 is 11.9 Å². The molecule has 0 bridgehead atoms. The van der Waals surface area contributed by atoms with Crippen molar-refractivity contribution in [3.63, 3.8) is 0 Å². The van der Waals surface area contributed by atoms with Crippen LogP contribution in [0.4, 0.5) is 0 Å². The number of nitrogens with zero attached hydrogens (tertiary/aromatic N) is 1. The second-order valence-corrected chi connectivity index (χ2v) is 3.22. The highest BCUT2D eigenvalue weighted by Gasteiger charge is 2.29. The van der Waals surface area contributed by atoms with Crippen LogP contribution < -0.4 is 0 Å². The number of hydrogen-bond acceptors (Lipinski definition) is 3. The van der Waals surface area contributed by atoms with Crippen LogP contribution in [0.1, 0.15) is 12.8 Å². The molecule has 0 aromatic heterocycles. The van der Waals surface area contributed by atoms with E-state index in [1.807, 2.05) is 11.9 Å². The number of hydrogen-bond donors (Lipinski definition) is 1. The molecule has 1 saturated heterocycles. The fourth-order valence-electron chi connectivity index (χ4n) is 1.42. The van der Waals surface area contributed by atoms with Crippen molar-refractivity contribution in [3.05, 3.63) is 0 Å². The van der Waals surface area contributed by atoms with Gasteiger partial charge in [-0.15, -0.1) is 12.4 Å². The van der Waals surface area contributed by atoms with Crippen LogP contribution in [0.25, 0.3) is 0 Å². The summed E-state index contributed by atoms with van der Waals surface area (Å²) in [6, 6.07) is 0. The fraction of sp³-hybridized carbons (Fsp3) is 0.750. The molecular weight excluding hydrogens is 194 g/mol.